The number of hydrogen-bond donors (Lipinski definition) is 2. The van der Waals surface area contributed by atoms with Crippen LogP contribution in [0, 0.1) is 0 Å². The van der Waals surface area contributed by atoms with Gasteiger partial charge in [0.2, 0.25) is 0 Å². The Bertz CT molecular complexity index is 564. The van der Waals surface area contributed by atoms with Gasteiger partial charge >= 0.3 is 13.1 Å². The van der Waals surface area contributed by atoms with E-state index in [0.717, 1.165) is 10.9 Å². The Morgan fingerprint density at radius 3 is 2.83 bits per heavy atom. The molecular formula is C12H14BNO4. The monoisotopic (exact) mass is 247 g/mol. The van der Waals surface area contributed by atoms with E-state index in [4.69, 9.17) is 10.0 Å². The van der Waals surface area contributed by atoms with Crippen molar-refractivity contribution < 1.29 is 19.6 Å². The van der Waals surface area contributed by atoms with Gasteiger partial charge in [-0.2, -0.15) is 0 Å². The van der Waals surface area contributed by atoms with E-state index >= 15 is 0 Å². The summed E-state index contributed by atoms with van der Waals surface area (Å²) in [4.78, 5) is 11.1. The largest absolute Gasteiger partial charge is 0.488 e. The van der Waals surface area contributed by atoms with Crippen LogP contribution in [0.3, 0.4) is 0 Å². The number of nitrogens with zero attached hydrogens (tertiary/aromatic N) is 1. The normalized spacial score (nSPS) is 10.6. The van der Waals surface area contributed by atoms with Crippen molar-refractivity contribution in [2.75, 3.05) is 7.11 Å². The van der Waals surface area contributed by atoms with Crippen molar-refractivity contribution in [1.29, 1.82) is 0 Å². The van der Waals surface area contributed by atoms with Crippen LogP contribution in [-0.2, 0) is 16.1 Å². The van der Waals surface area contributed by atoms with Crippen LogP contribution >= 0.6 is 0 Å². The second-order valence-electron chi connectivity index (χ2n) is 4.03. The van der Waals surface area contributed by atoms with Crippen molar-refractivity contribution in [2.45, 2.75) is 13.0 Å². The Labute approximate surface area is 105 Å². The SMILES string of the molecule is COC(=O)CCn1ccc2ccc(B(O)O)cc21. The number of methoxy groups -OCH3 is 1. The number of benzene rings is 1. The molecule has 0 unspecified atom stereocenters. The van der Waals surface area contributed by atoms with Gasteiger partial charge in [0, 0.05) is 18.3 Å². The average Bonchev–Trinajstić information content (AvgIpc) is 2.78. The molecule has 0 aliphatic heterocycles. The topological polar surface area (TPSA) is 71.7 Å². The first-order chi connectivity index (χ1) is 8.61. The lowest BCUT2D eigenvalue weighted by molar-refractivity contribution is -0.140. The molecule has 0 aliphatic carbocycles. The van der Waals surface area contributed by atoms with Gasteiger partial charge in [-0.15, -0.1) is 0 Å². The predicted octanol–water partition coefficient (Wildman–Crippen LogP) is -0.116. The molecule has 0 amide bonds. The van der Waals surface area contributed by atoms with Crippen LogP contribution in [0.4, 0.5) is 0 Å². The van der Waals surface area contributed by atoms with E-state index in [1.807, 2.05) is 22.9 Å². The molecule has 0 bridgehead atoms. The van der Waals surface area contributed by atoms with Gasteiger partial charge in [0.15, 0.2) is 0 Å². The van der Waals surface area contributed by atoms with E-state index in [1.165, 1.54) is 7.11 Å². The van der Waals surface area contributed by atoms with Crippen LogP contribution in [0.25, 0.3) is 10.9 Å². The highest BCUT2D eigenvalue weighted by Gasteiger charge is 2.12. The molecule has 0 spiro atoms. The third-order valence-electron chi connectivity index (χ3n) is 2.88. The number of esters is 1. The zero-order valence-electron chi connectivity index (χ0n) is 10.0. The van der Waals surface area contributed by atoms with E-state index in [2.05, 4.69) is 4.74 Å². The molecule has 0 radical (unpaired) electrons. The quantitative estimate of drug-likeness (QED) is 0.583. The van der Waals surface area contributed by atoms with Crippen LogP contribution in [0.15, 0.2) is 30.5 Å². The van der Waals surface area contributed by atoms with E-state index in [0.29, 0.717) is 12.0 Å². The summed E-state index contributed by atoms with van der Waals surface area (Å²) >= 11 is 0. The van der Waals surface area contributed by atoms with Gasteiger partial charge in [-0.3, -0.25) is 4.79 Å². The summed E-state index contributed by atoms with van der Waals surface area (Å²) in [5, 5.41) is 19.3. The molecule has 2 aromatic rings. The summed E-state index contributed by atoms with van der Waals surface area (Å²) in [5.41, 5.74) is 1.30. The van der Waals surface area contributed by atoms with Crippen molar-refractivity contribution in [3.05, 3.63) is 30.5 Å². The first-order valence-electron chi connectivity index (χ1n) is 5.63. The Kier molecular flexibility index (Phi) is 3.69. The molecule has 0 saturated carbocycles. The third-order valence-corrected chi connectivity index (χ3v) is 2.88. The van der Waals surface area contributed by atoms with Gasteiger partial charge in [0.05, 0.1) is 13.5 Å². The number of fused-ring (bicyclic) bond motifs is 1. The fourth-order valence-electron chi connectivity index (χ4n) is 1.87. The fourth-order valence-corrected chi connectivity index (χ4v) is 1.87. The van der Waals surface area contributed by atoms with Gasteiger partial charge < -0.3 is 19.4 Å². The summed E-state index contributed by atoms with van der Waals surface area (Å²) in [5.74, 6) is -0.268. The molecule has 2 rings (SSSR count). The molecule has 0 saturated heterocycles. The molecule has 6 heteroatoms. The Morgan fingerprint density at radius 2 is 2.17 bits per heavy atom. The van der Waals surface area contributed by atoms with E-state index in [1.54, 1.807) is 12.1 Å². The minimum absolute atomic E-state index is 0.268. The van der Waals surface area contributed by atoms with Crippen LogP contribution in [0.1, 0.15) is 6.42 Å². The summed E-state index contributed by atoms with van der Waals surface area (Å²) in [6, 6.07) is 7.10. The summed E-state index contributed by atoms with van der Waals surface area (Å²) in [7, 11) is -0.130. The first-order valence-corrected chi connectivity index (χ1v) is 5.63. The number of carbonyl (C=O) groups is 1. The van der Waals surface area contributed by atoms with Gasteiger partial charge in [0.1, 0.15) is 0 Å². The zero-order valence-corrected chi connectivity index (χ0v) is 10.0. The van der Waals surface area contributed by atoms with Crippen LogP contribution in [0.5, 0.6) is 0 Å². The molecule has 1 heterocycles. The lowest BCUT2D eigenvalue weighted by atomic mass is 9.80. The Hall–Kier alpha value is -1.79. The highest BCUT2D eigenvalue weighted by atomic mass is 16.5. The minimum atomic E-state index is -1.49. The van der Waals surface area contributed by atoms with Crippen molar-refractivity contribution in [2.24, 2.45) is 0 Å². The lowest BCUT2D eigenvalue weighted by Gasteiger charge is -2.06. The highest BCUT2D eigenvalue weighted by molar-refractivity contribution is 6.58. The predicted molar refractivity (Wildman–Crippen MR) is 68.4 cm³/mol. The van der Waals surface area contributed by atoms with E-state index in [-0.39, 0.29) is 12.4 Å². The number of carbonyl (C=O) groups excluding carboxylic acids is 1. The maximum absolute atomic E-state index is 11.1. The lowest BCUT2D eigenvalue weighted by Crippen LogP contribution is -2.29. The number of aromatic nitrogens is 1. The van der Waals surface area contributed by atoms with Gasteiger partial charge in [-0.05, 0) is 23.0 Å². The van der Waals surface area contributed by atoms with Gasteiger partial charge in [0.25, 0.3) is 0 Å². The second-order valence-corrected chi connectivity index (χ2v) is 4.03. The van der Waals surface area contributed by atoms with E-state index in [9.17, 15) is 4.79 Å². The van der Waals surface area contributed by atoms with Crippen molar-refractivity contribution in [3.63, 3.8) is 0 Å². The average molecular weight is 247 g/mol. The highest BCUT2D eigenvalue weighted by Crippen LogP contribution is 2.14. The Morgan fingerprint density at radius 1 is 1.39 bits per heavy atom. The van der Waals surface area contributed by atoms with Crippen LogP contribution in [0.2, 0.25) is 0 Å². The number of hydrogen-bond acceptors (Lipinski definition) is 4. The standard InChI is InChI=1S/C12H14BNO4/c1-18-12(15)5-7-14-6-4-9-2-3-10(13(16)17)8-11(9)14/h2-4,6,8,16-17H,5,7H2,1H3. The molecule has 0 atom stereocenters. The summed E-state index contributed by atoms with van der Waals surface area (Å²) in [6.45, 7) is 0.501. The molecule has 94 valence electrons. The molecular weight excluding hydrogens is 233 g/mol. The molecule has 0 fully saturated rings. The molecule has 1 aromatic heterocycles. The van der Waals surface area contributed by atoms with Gasteiger partial charge in [-0.1, -0.05) is 12.1 Å². The molecule has 18 heavy (non-hydrogen) atoms. The van der Waals surface area contributed by atoms with Crippen LogP contribution < -0.4 is 5.46 Å². The summed E-state index contributed by atoms with van der Waals surface area (Å²) < 4.78 is 6.48. The van der Waals surface area contributed by atoms with E-state index < -0.39 is 7.12 Å². The number of rotatable bonds is 4. The fraction of sp³-hybridized carbons (Fsp3) is 0.250. The first kappa shape index (κ1) is 12.7. The van der Waals surface area contributed by atoms with Crippen LogP contribution in [-0.4, -0.2) is 34.8 Å². The second kappa shape index (κ2) is 5.24. The van der Waals surface area contributed by atoms with Crippen molar-refractivity contribution in [3.8, 4) is 0 Å². The smallest absolute Gasteiger partial charge is 0.469 e. The molecule has 0 aliphatic rings. The zero-order chi connectivity index (χ0) is 13.1. The van der Waals surface area contributed by atoms with Crippen molar-refractivity contribution >= 4 is 29.5 Å². The molecule has 5 nitrogen and oxygen atoms in total. The number of aryl methyl sites for hydroxylation is 1. The summed E-state index contributed by atoms with van der Waals surface area (Å²) in [6.07, 6.45) is 2.15. The Balaban J connectivity index is 2.27. The third kappa shape index (κ3) is 2.55. The van der Waals surface area contributed by atoms with Crippen molar-refractivity contribution in [1.82, 2.24) is 4.57 Å². The maximum Gasteiger partial charge on any atom is 0.488 e. The number of ether oxygens (including phenoxy) is 1. The van der Waals surface area contributed by atoms with Gasteiger partial charge in [-0.25, -0.2) is 0 Å². The molecule has 1 aromatic carbocycles. The minimum Gasteiger partial charge on any atom is -0.469 e. The maximum atomic E-state index is 11.1. The molecule has 2 N–H and O–H groups in total.